The van der Waals surface area contributed by atoms with E-state index in [0.29, 0.717) is 48.7 Å². The van der Waals surface area contributed by atoms with Crippen LogP contribution in [0.25, 0.3) is 0 Å². The summed E-state index contributed by atoms with van der Waals surface area (Å²) in [6.45, 7) is 2.88. The molecule has 2 aliphatic rings. The molecule has 0 amide bonds. The monoisotopic (exact) mass is 648 g/mol. The number of ketones is 1. The van der Waals surface area contributed by atoms with Crippen molar-refractivity contribution >= 4 is 23.6 Å². The maximum absolute atomic E-state index is 13.9. The predicted octanol–water partition coefficient (Wildman–Crippen LogP) is 6.89. The third-order valence-electron chi connectivity index (χ3n) is 8.85. The van der Waals surface area contributed by atoms with Crippen molar-refractivity contribution in [3.63, 3.8) is 0 Å². The largest absolute Gasteiger partial charge is 0.493 e. The van der Waals surface area contributed by atoms with Gasteiger partial charge in [0, 0.05) is 38.8 Å². The number of ether oxygens (including phenoxy) is 1. The molecular weight excluding hydrogens is 613 g/mol. The summed E-state index contributed by atoms with van der Waals surface area (Å²) in [6.07, 6.45) is -0.457. The zero-order valence-corrected chi connectivity index (χ0v) is 25.7. The first kappa shape index (κ1) is 32.1. The Morgan fingerprint density at radius 1 is 0.915 bits per heavy atom. The molecule has 0 bridgehead atoms. The average molecular weight is 649 g/mol. The van der Waals surface area contributed by atoms with E-state index in [9.17, 15) is 22.8 Å². The molecule has 0 radical (unpaired) electrons. The van der Waals surface area contributed by atoms with Gasteiger partial charge in [0.1, 0.15) is 11.6 Å². The second kappa shape index (κ2) is 13.9. The van der Waals surface area contributed by atoms with Crippen LogP contribution >= 0.6 is 0 Å². The highest BCUT2D eigenvalue weighted by atomic mass is 19.4. The summed E-state index contributed by atoms with van der Waals surface area (Å²) < 4.78 is 53.2. The van der Waals surface area contributed by atoms with Gasteiger partial charge in [0.2, 0.25) is 11.5 Å². The number of pyridine rings is 1. The van der Waals surface area contributed by atoms with Gasteiger partial charge in [0.05, 0.1) is 12.2 Å². The fraction of sp³-hybridized carbons (Fsp3) is 0.371. The van der Waals surface area contributed by atoms with Gasteiger partial charge in [-0.2, -0.15) is 18.2 Å². The van der Waals surface area contributed by atoms with Gasteiger partial charge in [-0.3, -0.25) is 4.79 Å². The Morgan fingerprint density at radius 2 is 1.64 bits per heavy atom. The summed E-state index contributed by atoms with van der Waals surface area (Å²) >= 11 is 0. The number of oxazole rings is 1. The molecule has 2 aliphatic heterocycles. The van der Waals surface area contributed by atoms with Crippen LogP contribution in [0.3, 0.4) is 0 Å². The molecule has 9 nitrogen and oxygen atoms in total. The van der Waals surface area contributed by atoms with Gasteiger partial charge in [-0.05, 0) is 72.9 Å². The third kappa shape index (κ3) is 7.75. The lowest BCUT2D eigenvalue weighted by Gasteiger charge is -2.32. The van der Waals surface area contributed by atoms with Crippen LogP contribution in [0.2, 0.25) is 0 Å². The van der Waals surface area contributed by atoms with E-state index in [1.807, 2.05) is 18.2 Å². The van der Waals surface area contributed by atoms with E-state index in [1.165, 1.54) is 23.9 Å². The molecule has 0 spiro atoms. The summed E-state index contributed by atoms with van der Waals surface area (Å²) in [5, 5.41) is 9.16. The van der Waals surface area contributed by atoms with Crippen molar-refractivity contribution in [1.82, 2.24) is 9.97 Å². The quantitative estimate of drug-likeness (QED) is 0.184. The van der Waals surface area contributed by atoms with Gasteiger partial charge < -0.3 is 24.1 Å². The van der Waals surface area contributed by atoms with Gasteiger partial charge in [-0.25, -0.2) is 9.78 Å². The summed E-state index contributed by atoms with van der Waals surface area (Å²) in [7, 11) is 0. The van der Waals surface area contributed by atoms with Crippen LogP contribution < -0.4 is 14.5 Å². The Balaban J connectivity index is 1.03. The maximum atomic E-state index is 13.9. The van der Waals surface area contributed by atoms with E-state index in [2.05, 4.69) is 27.0 Å². The molecule has 6 rings (SSSR count). The number of carbonyl (C=O) groups is 2. The lowest BCUT2D eigenvalue weighted by molar-refractivity contribution is -0.141. The highest BCUT2D eigenvalue weighted by Crippen LogP contribution is 2.37. The van der Waals surface area contributed by atoms with E-state index in [0.717, 1.165) is 38.8 Å². The number of nitrogens with zero attached hydrogens (tertiary/aromatic N) is 4. The summed E-state index contributed by atoms with van der Waals surface area (Å²) in [5.74, 6) is -0.758. The van der Waals surface area contributed by atoms with E-state index in [-0.39, 0.29) is 18.0 Å². The molecule has 12 heteroatoms. The van der Waals surface area contributed by atoms with Crippen molar-refractivity contribution in [2.75, 3.05) is 42.6 Å². The van der Waals surface area contributed by atoms with Crippen molar-refractivity contribution in [1.29, 1.82) is 0 Å². The van der Waals surface area contributed by atoms with Crippen LogP contribution in [0.4, 0.5) is 25.0 Å². The number of alkyl halides is 3. The molecule has 0 aliphatic carbocycles. The molecule has 0 atom stereocenters. The number of piperidine rings is 2. The number of aromatic carboxylic acids is 1. The topological polar surface area (TPSA) is 109 Å². The molecule has 4 aromatic rings. The molecule has 246 valence electrons. The average Bonchev–Trinajstić information content (AvgIpc) is 3.56. The maximum Gasteiger partial charge on any atom is 0.437 e. The Labute approximate surface area is 270 Å². The number of halogens is 3. The normalized spacial score (nSPS) is 16.3. The Hall–Kier alpha value is -4.87. The molecule has 2 fully saturated rings. The minimum atomic E-state index is -4.84. The molecule has 0 unspecified atom stereocenters. The third-order valence-corrected chi connectivity index (χ3v) is 8.85. The van der Waals surface area contributed by atoms with Gasteiger partial charge in [-0.15, -0.1) is 0 Å². The first-order chi connectivity index (χ1) is 22.6. The van der Waals surface area contributed by atoms with Gasteiger partial charge in [0.15, 0.2) is 5.69 Å². The number of Topliss-reactive ketones (excluding diaryl/α,β-unsaturated/α-hetero) is 1. The van der Waals surface area contributed by atoms with Crippen LogP contribution in [0, 0.1) is 5.92 Å². The number of carboxylic acid groups (broad SMARTS) is 1. The highest BCUT2D eigenvalue weighted by molar-refractivity contribution is 5.96. The van der Waals surface area contributed by atoms with E-state index >= 15 is 0 Å². The first-order valence-electron chi connectivity index (χ1n) is 15.7. The fourth-order valence-electron chi connectivity index (χ4n) is 6.19. The lowest BCUT2D eigenvalue weighted by atomic mass is 9.90. The summed E-state index contributed by atoms with van der Waals surface area (Å²) in [4.78, 5) is 36.3. The predicted molar refractivity (Wildman–Crippen MR) is 168 cm³/mol. The lowest BCUT2D eigenvalue weighted by Crippen LogP contribution is -2.36. The smallest absolute Gasteiger partial charge is 0.437 e. The van der Waals surface area contributed by atoms with Crippen molar-refractivity contribution in [3.8, 4) is 5.75 Å². The van der Waals surface area contributed by atoms with Gasteiger partial charge >= 0.3 is 12.1 Å². The van der Waals surface area contributed by atoms with Crippen molar-refractivity contribution in [3.05, 3.63) is 101 Å². The number of anilines is 2. The number of carbonyl (C=O) groups excluding carboxylic acids is 1. The number of benzene rings is 2. The Morgan fingerprint density at radius 3 is 2.30 bits per heavy atom. The summed E-state index contributed by atoms with van der Waals surface area (Å²) in [6, 6.07) is 19.7. The van der Waals surface area contributed by atoms with Crippen molar-refractivity contribution in [2.45, 2.75) is 44.2 Å². The minimum Gasteiger partial charge on any atom is -0.493 e. The highest BCUT2D eigenvalue weighted by Gasteiger charge is 2.42. The minimum absolute atomic E-state index is 0.176. The first-order valence-corrected chi connectivity index (χ1v) is 15.7. The SMILES string of the molecule is O=C(O)c1cccc(OCC2CCN(c3ccc(CC(=O)c4oc(N5CCC(c6ccccc6)CC5)nc4C(F)(F)F)cn3)CC2)c1. The molecule has 2 aromatic carbocycles. The van der Waals surface area contributed by atoms with Gasteiger partial charge in [-0.1, -0.05) is 42.5 Å². The molecular formula is C35H35F3N4O5. The number of carboxylic acids is 1. The Kier molecular flexibility index (Phi) is 9.46. The van der Waals surface area contributed by atoms with E-state index in [1.54, 1.807) is 29.2 Å². The molecule has 4 heterocycles. The number of hydrogen-bond acceptors (Lipinski definition) is 8. The zero-order chi connectivity index (χ0) is 33.0. The van der Waals surface area contributed by atoms with Crippen LogP contribution in [0.15, 0.2) is 77.3 Å². The molecule has 1 N–H and O–H groups in total. The van der Waals surface area contributed by atoms with Crippen LogP contribution in [0.5, 0.6) is 5.75 Å². The van der Waals surface area contributed by atoms with E-state index < -0.39 is 29.4 Å². The molecule has 2 saturated heterocycles. The zero-order valence-electron chi connectivity index (χ0n) is 25.7. The number of aromatic nitrogens is 2. The Bertz CT molecular complexity index is 1680. The second-order valence-electron chi connectivity index (χ2n) is 12.0. The molecule has 0 saturated carbocycles. The standard InChI is InChI=1S/C35H35F3N4O5/c36-35(37,38)32-31(47-34(40-32)42-17-13-26(14-18-42)25-5-2-1-3-6-25)29(43)19-24-9-10-30(39-21-24)41-15-11-23(12-16-41)22-46-28-8-4-7-27(20-28)33(44)45/h1-10,20-21,23,26H,11-19,22H2,(H,44,45). The molecule has 2 aromatic heterocycles. The van der Waals surface area contributed by atoms with Crippen LogP contribution in [-0.2, 0) is 12.6 Å². The van der Waals surface area contributed by atoms with Gasteiger partial charge in [0.25, 0.3) is 6.01 Å². The van der Waals surface area contributed by atoms with Crippen molar-refractivity contribution in [2.24, 2.45) is 5.92 Å². The van der Waals surface area contributed by atoms with Crippen molar-refractivity contribution < 1.29 is 37.0 Å². The van der Waals surface area contributed by atoms with Crippen LogP contribution in [-0.4, -0.2) is 59.6 Å². The number of rotatable bonds is 10. The summed E-state index contributed by atoms with van der Waals surface area (Å²) in [5.41, 5.74) is 0.548. The second-order valence-corrected chi connectivity index (χ2v) is 12.0. The van der Waals surface area contributed by atoms with Crippen LogP contribution in [0.1, 0.15) is 69.3 Å². The van der Waals surface area contributed by atoms with E-state index in [4.69, 9.17) is 14.3 Å². The molecule has 47 heavy (non-hydrogen) atoms. The fourth-order valence-corrected chi connectivity index (χ4v) is 6.19. The number of hydrogen-bond donors (Lipinski definition) is 1.